The minimum atomic E-state index is -3.65. The van der Waals surface area contributed by atoms with Crippen molar-refractivity contribution in [2.45, 2.75) is 57.9 Å². The third-order valence-corrected chi connectivity index (χ3v) is 5.00. The first-order valence-corrected chi connectivity index (χ1v) is 8.91. The third-order valence-electron chi connectivity index (χ3n) is 4.09. The molecule has 1 saturated carbocycles. The topological polar surface area (TPSA) is 72.2 Å². The van der Waals surface area contributed by atoms with E-state index in [0.29, 0.717) is 6.04 Å². The van der Waals surface area contributed by atoms with Gasteiger partial charge in [-0.1, -0.05) is 33.8 Å². The first-order valence-electron chi connectivity index (χ1n) is 7.36. The maximum atomic E-state index is 11.4. The average Bonchev–Trinajstić information content (AvgIpc) is 2.23. The van der Waals surface area contributed by atoms with Gasteiger partial charge in [0.05, 0.1) is 4.90 Å². The van der Waals surface area contributed by atoms with Crippen LogP contribution in [0.5, 0.6) is 0 Å². The molecule has 0 unspecified atom stereocenters. The predicted molar refractivity (Wildman–Crippen MR) is 86.6 cm³/mol. The molecule has 3 N–H and O–H groups in total. The van der Waals surface area contributed by atoms with Crippen LogP contribution in [0.3, 0.4) is 0 Å². The molecule has 1 aliphatic carbocycles. The molecule has 2 rings (SSSR count). The Morgan fingerprint density at radius 2 is 1.71 bits per heavy atom. The van der Waals surface area contributed by atoms with Gasteiger partial charge in [0.2, 0.25) is 10.0 Å². The molecule has 0 radical (unpaired) electrons. The summed E-state index contributed by atoms with van der Waals surface area (Å²) in [5.41, 5.74) is 1.40. The van der Waals surface area contributed by atoms with Gasteiger partial charge >= 0.3 is 0 Å². The first-order chi connectivity index (χ1) is 9.47. The number of nitrogens with two attached hydrogens (primary N) is 1. The second kappa shape index (κ2) is 5.29. The Morgan fingerprint density at radius 3 is 2.24 bits per heavy atom. The number of hydrogen-bond donors (Lipinski definition) is 2. The van der Waals surface area contributed by atoms with Crippen LogP contribution in [0.2, 0.25) is 0 Å². The molecule has 4 nitrogen and oxygen atoms in total. The lowest BCUT2D eigenvalue weighted by atomic mass is 9.63. The van der Waals surface area contributed by atoms with Crippen LogP contribution in [0.25, 0.3) is 0 Å². The number of benzene rings is 1. The minimum Gasteiger partial charge on any atom is -0.382 e. The molecule has 118 valence electrons. The van der Waals surface area contributed by atoms with E-state index in [2.05, 4.69) is 33.0 Å². The normalized spacial score (nSPS) is 22.0. The van der Waals surface area contributed by atoms with Crippen LogP contribution in [0.1, 0.15) is 47.0 Å². The fourth-order valence-electron chi connectivity index (χ4n) is 3.95. The number of nitrogens with one attached hydrogen (secondary N) is 1. The number of anilines is 1. The molecule has 1 aromatic rings. The summed E-state index contributed by atoms with van der Waals surface area (Å²) in [7, 11) is -3.65. The van der Waals surface area contributed by atoms with Gasteiger partial charge in [0, 0.05) is 11.7 Å². The highest BCUT2D eigenvalue weighted by Gasteiger charge is 2.38. The van der Waals surface area contributed by atoms with Gasteiger partial charge in [0.1, 0.15) is 0 Å². The Hall–Kier alpha value is -1.07. The number of sulfonamides is 1. The molecular formula is C16H26N2O2S. The lowest BCUT2D eigenvalue weighted by Gasteiger charge is -2.45. The molecule has 0 saturated heterocycles. The third kappa shape index (κ3) is 4.45. The Labute approximate surface area is 128 Å². The van der Waals surface area contributed by atoms with Crippen molar-refractivity contribution < 1.29 is 8.42 Å². The van der Waals surface area contributed by atoms with Crippen molar-refractivity contribution in [1.82, 2.24) is 0 Å². The molecule has 0 amide bonds. The van der Waals surface area contributed by atoms with Crippen molar-refractivity contribution in [3.63, 3.8) is 0 Å². The summed E-state index contributed by atoms with van der Waals surface area (Å²) in [5.74, 6) is 0. The molecule has 5 heteroatoms. The summed E-state index contributed by atoms with van der Waals surface area (Å²) in [6.07, 6.45) is 3.36. The summed E-state index contributed by atoms with van der Waals surface area (Å²) in [5, 5.41) is 8.67. The van der Waals surface area contributed by atoms with Crippen LogP contribution in [0.15, 0.2) is 29.2 Å². The fourth-order valence-corrected chi connectivity index (χ4v) is 4.51. The van der Waals surface area contributed by atoms with E-state index < -0.39 is 10.0 Å². The molecule has 0 aromatic heterocycles. The summed E-state index contributed by atoms with van der Waals surface area (Å²) < 4.78 is 22.9. The molecule has 0 heterocycles. The molecule has 0 bridgehead atoms. The quantitative estimate of drug-likeness (QED) is 0.899. The molecule has 1 aromatic carbocycles. The van der Waals surface area contributed by atoms with Crippen LogP contribution in [-0.4, -0.2) is 14.5 Å². The van der Waals surface area contributed by atoms with E-state index in [1.807, 2.05) is 6.07 Å². The fraction of sp³-hybridized carbons (Fsp3) is 0.625. The van der Waals surface area contributed by atoms with Crippen LogP contribution in [-0.2, 0) is 10.0 Å². The first kappa shape index (κ1) is 16.3. The van der Waals surface area contributed by atoms with Crippen molar-refractivity contribution in [3.05, 3.63) is 24.3 Å². The Kier molecular flexibility index (Phi) is 4.10. The zero-order chi connectivity index (χ0) is 15.9. The van der Waals surface area contributed by atoms with Crippen LogP contribution in [0.4, 0.5) is 5.69 Å². The zero-order valence-electron chi connectivity index (χ0n) is 13.3. The number of hydrogen-bond acceptors (Lipinski definition) is 3. The van der Waals surface area contributed by atoms with Gasteiger partial charge in [0.25, 0.3) is 0 Å². The molecule has 0 aliphatic heterocycles. The van der Waals surface area contributed by atoms with Crippen LogP contribution in [0, 0.1) is 10.8 Å². The van der Waals surface area contributed by atoms with Crippen LogP contribution < -0.4 is 10.5 Å². The van der Waals surface area contributed by atoms with E-state index in [9.17, 15) is 8.42 Å². The van der Waals surface area contributed by atoms with Gasteiger partial charge in [0.15, 0.2) is 0 Å². The summed E-state index contributed by atoms with van der Waals surface area (Å²) >= 11 is 0. The highest BCUT2D eigenvalue weighted by molar-refractivity contribution is 7.89. The molecule has 1 aliphatic rings. The second-order valence-corrected chi connectivity index (χ2v) is 9.39. The Morgan fingerprint density at radius 1 is 1.14 bits per heavy atom. The van der Waals surface area contributed by atoms with Gasteiger partial charge in [-0.05, 0) is 48.3 Å². The standard InChI is InChI=1S/C16H26N2O2S/c1-15(2)9-13(10-16(3,4)11-15)18-12-6-5-7-14(8-12)21(17,19)20/h5-8,13,18H,9-11H2,1-4H3,(H2,17,19,20). The van der Waals surface area contributed by atoms with Gasteiger partial charge in [-0.3, -0.25) is 0 Å². The van der Waals surface area contributed by atoms with E-state index in [1.165, 1.54) is 12.5 Å². The molecule has 0 spiro atoms. The van der Waals surface area contributed by atoms with Gasteiger partial charge in [-0.2, -0.15) is 0 Å². The number of rotatable bonds is 3. The second-order valence-electron chi connectivity index (χ2n) is 7.83. The largest absolute Gasteiger partial charge is 0.382 e. The molecular weight excluding hydrogens is 284 g/mol. The van der Waals surface area contributed by atoms with Gasteiger partial charge in [-0.15, -0.1) is 0 Å². The average molecular weight is 310 g/mol. The number of primary sulfonamides is 1. The SMILES string of the molecule is CC1(C)CC(Nc2cccc(S(N)(=O)=O)c2)CC(C)(C)C1. The van der Waals surface area contributed by atoms with Crippen molar-refractivity contribution in [1.29, 1.82) is 0 Å². The van der Waals surface area contributed by atoms with E-state index >= 15 is 0 Å². The maximum absolute atomic E-state index is 11.4. The van der Waals surface area contributed by atoms with Crippen molar-refractivity contribution in [2.24, 2.45) is 16.0 Å². The van der Waals surface area contributed by atoms with E-state index in [-0.39, 0.29) is 15.7 Å². The predicted octanol–water partition coefficient (Wildman–Crippen LogP) is 3.35. The zero-order valence-corrected chi connectivity index (χ0v) is 14.1. The van der Waals surface area contributed by atoms with Crippen LogP contribution >= 0.6 is 0 Å². The monoisotopic (exact) mass is 310 g/mol. The molecule has 1 fully saturated rings. The summed E-state index contributed by atoms with van der Waals surface area (Å²) in [4.78, 5) is 0.154. The summed E-state index contributed by atoms with van der Waals surface area (Å²) in [6, 6.07) is 7.10. The van der Waals surface area contributed by atoms with Crippen molar-refractivity contribution >= 4 is 15.7 Å². The molecule has 21 heavy (non-hydrogen) atoms. The van der Waals surface area contributed by atoms with E-state index in [4.69, 9.17) is 5.14 Å². The van der Waals surface area contributed by atoms with Gasteiger partial charge in [-0.25, -0.2) is 13.6 Å². The summed E-state index contributed by atoms with van der Waals surface area (Å²) in [6.45, 7) is 9.18. The lowest BCUT2D eigenvalue weighted by molar-refractivity contribution is 0.105. The van der Waals surface area contributed by atoms with Crippen molar-refractivity contribution in [3.8, 4) is 0 Å². The smallest absolute Gasteiger partial charge is 0.238 e. The highest BCUT2D eigenvalue weighted by Crippen LogP contribution is 2.46. The Bertz CT molecular complexity index is 605. The Balaban J connectivity index is 2.18. The van der Waals surface area contributed by atoms with Gasteiger partial charge < -0.3 is 5.32 Å². The van der Waals surface area contributed by atoms with E-state index in [0.717, 1.165) is 18.5 Å². The lowest BCUT2D eigenvalue weighted by Crippen LogP contribution is -2.40. The maximum Gasteiger partial charge on any atom is 0.238 e. The molecule has 0 atom stereocenters. The van der Waals surface area contributed by atoms with E-state index in [1.54, 1.807) is 12.1 Å². The van der Waals surface area contributed by atoms with Crippen molar-refractivity contribution in [2.75, 3.05) is 5.32 Å². The minimum absolute atomic E-state index is 0.154. The highest BCUT2D eigenvalue weighted by atomic mass is 32.2.